The lowest BCUT2D eigenvalue weighted by molar-refractivity contribution is -0.139. The van der Waals surface area contributed by atoms with Crippen LogP contribution in [0.5, 0.6) is 0 Å². The number of primary amides is 1. The van der Waals surface area contributed by atoms with Crippen LogP contribution in [-0.2, 0) is 57.5 Å². The van der Waals surface area contributed by atoms with Crippen molar-refractivity contribution in [1.29, 1.82) is 0 Å². The van der Waals surface area contributed by atoms with Crippen molar-refractivity contribution in [2.75, 3.05) is 23.5 Å². The van der Waals surface area contributed by atoms with E-state index < -0.39 is 137 Å². The fourth-order valence-corrected chi connectivity index (χ4v) is 6.84. The SMILES string of the molecule is CC[C@@H](C)[C@H](N)C(=O)C1NC(=O)C(C)NC(=O)C(N[C@@H](C=O)CCSC)NC(=O)CSCC(C(N)=O)NC(=O)C(N[C@@H](C)C=O)NC(=O)C(N[C@@H](C=O)C(C)C)NC(=O)C(C)NC1=O. The number of Topliss-reactive ketones (excluding diaryl/α,β-unsaturated/α-hetero) is 1. The van der Waals surface area contributed by atoms with Gasteiger partial charge in [0.1, 0.15) is 37.0 Å². The Morgan fingerprint density at radius 2 is 1.27 bits per heavy atom. The molecular formula is C38H64N12O12S2. The quantitative estimate of drug-likeness (QED) is 0.0450. The van der Waals surface area contributed by atoms with Crippen LogP contribution in [0.25, 0.3) is 0 Å². The molecule has 0 saturated carbocycles. The normalized spacial score (nSPS) is 26.3. The van der Waals surface area contributed by atoms with E-state index in [1.54, 1.807) is 34.0 Å². The molecule has 0 aromatic carbocycles. The molecule has 1 saturated heterocycles. The van der Waals surface area contributed by atoms with E-state index >= 15 is 0 Å². The Balaban J connectivity index is 3.87. The topological polar surface area (TPSA) is 377 Å². The molecule has 0 radical (unpaired) electrons. The first-order valence-electron chi connectivity index (χ1n) is 20.5. The molecule has 26 heteroatoms. The molecule has 12 atom stereocenters. The number of amides is 8. The second-order valence-corrected chi connectivity index (χ2v) is 17.4. The first-order valence-corrected chi connectivity index (χ1v) is 23.0. The van der Waals surface area contributed by atoms with Crippen LogP contribution in [-0.4, -0.2) is 162 Å². The Morgan fingerprint density at radius 3 is 1.80 bits per heavy atom. The number of carbonyl (C=O) groups excluding carboxylic acids is 12. The van der Waals surface area contributed by atoms with Crippen molar-refractivity contribution in [3.05, 3.63) is 0 Å². The summed E-state index contributed by atoms with van der Waals surface area (Å²) < 4.78 is 0. The van der Waals surface area contributed by atoms with E-state index in [-0.39, 0.29) is 12.2 Å². The van der Waals surface area contributed by atoms with Crippen LogP contribution >= 0.6 is 23.5 Å². The molecule has 0 spiro atoms. The Morgan fingerprint density at radius 1 is 0.734 bits per heavy atom. The second kappa shape index (κ2) is 28.7. The van der Waals surface area contributed by atoms with Crippen LogP contribution in [0.15, 0.2) is 0 Å². The van der Waals surface area contributed by atoms with Crippen molar-refractivity contribution >= 4 is 95.4 Å². The average molecular weight is 945 g/mol. The highest BCUT2D eigenvalue weighted by atomic mass is 32.2. The third-order valence-electron chi connectivity index (χ3n) is 9.80. The molecule has 0 bridgehead atoms. The molecule has 1 rings (SSSR count). The predicted octanol–water partition coefficient (Wildman–Crippen LogP) is -5.63. The fraction of sp³-hybridized carbons (Fsp3) is 0.684. The zero-order valence-corrected chi connectivity index (χ0v) is 38.8. The Kier molecular flexibility index (Phi) is 25.6. The highest BCUT2D eigenvalue weighted by molar-refractivity contribution is 8.00. The maximum absolute atomic E-state index is 13.9. The smallest absolute Gasteiger partial charge is 0.259 e. The molecule has 0 aromatic rings. The molecule has 360 valence electrons. The minimum atomic E-state index is -2.03. The molecular weight excluding hydrogens is 881 g/mol. The van der Waals surface area contributed by atoms with Gasteiger partial charge in [0, 0.05) is 5.75 Å². The first-order chi connectivity index (χ1) is 30.0. The molecule has 0 aliphatic carbocycles. The Bertz CT molecular complexity index is 1690. The summed E-state index contributed by atoms with van der Waals surface area (Å²) in [6, 6.07) is -11.0. The minimum Gasteiger partial charge on any atom is -0.368 e. The number of aldehydes is 3. The molecule has 24 nitrogen and oxygen atoms in total. The molecule has 1 aliphatic rings. The Labute approximate surface area is 380 Å². The van der Waals surface area contributed by atoms with Gasteiger partial charge in [-0.2, -0.15) is 11.8 Å². The molecule has 1 fully saturated rings. The predicted molar refractivity (Wildman–Crippen MR) is 236 cm³/mol. The van der Waals surface area contributed by atoms with Crippen LogP contribution in [0, 0.1) is 11.8 Å². The van der Waals surface area contributed by atoms with Gasteiger partial charge in [-0.25, -0.2) is 0 Å². The van der Waals surface area contributed by atoms with Crippen LogP contribution in [0.1, 0.15) is 61.3 Å². The van der Waals surface area contributed by atoms with E-state index in [0.717, 1.165) is 11.8 Å². The summed E-state index contributed by atoms with van der Waals surface area (Å²) in [6.45, 7) is 10.3. The number of nitrogens with one attached hydrogen (secondary N) is 10. The van der Waals surface area contributed by atoms with Gasteiger partial charge in [0.05, 0.1) is 29.9 Å². The van der Waals surface area contributed by atoms with E-state index in [2.05, 4.69) is 53.2 Å². The van der Waals surface area contributed by atoms with Crippen molar-refractivity contribution in [3.63, 3.8) is 0 Å². The van der Waals surface area contributed by atoms with Gasteiger partial charge in [-0.15, -0.1) is 11.8 Å². The van der Waals surface area contributed by atoms with Gasteiger partial charge in [-0.3, -0.25) is 59.1 Å². The van der Waals surface area contributed by atoms with Crippen molar-refractivity contribution in [2.45, 2.75) is 128 Å². The van der Waals surface area contributed by atoms with Crippen molar-refractivity contribution < 1.29 is 57.5 Å². The second-order valence-electron chi connectivity index (χ2n) is 15.4. The van der Waals surface area contributed by atoms with Gasteiger partial charge in [0.15, 0.2) is 30.3 Å². The van der Waals surface area contributed by atoms with Crippen LogP contribution in [0.3, 0.4) is 0 Å². The monoisotopic (exact) mass is 944 g/mol. The fourth-order valence-electron chi connectivity index (χ4n) is 5.48. The van der Waals surface area contributed by atoms with Crippen LogP contribution in [0.2, 0.25) is 0 Å². The van der Waals surface area contributed by atoms with Gasteiger partial charge in [-0.05, 0) is 51.0 Å². The third-order valence-corrected chi connectivity index (χ3v) is 11.5. The van der Waals surface area contributed by atoms with Crippen molar-refractivity contribution in [2.24, 2.45) is 23.3 Å². The highest BCUT2D eigenvalue weighted by Gasteiger charge is 2.38. The lowest BCUT2D eigenvalue weighted by Gasteiger charge is -2.30. The number of carbonyl (C=O) groups is 12. The number of thioether (sulfide) groups is 2. The van der Waals surface area contributed by atoms with Crippen molar-refractivity contribution in [1.82, 2.24) is 53.2 Å². The lowest BCUT2D eigenvalue weighted by atomic mass is 9.92. The summed E-state index contributed by atoms with van der Waals surface area (Å²) in [6.07, 6.45) is -1.45. The van der Waals surface area contributed by atoms with E-state index in [9.17, 15) is 57.5 Å². The number of nitrogens with two attached hydrogens (primary N) is 2. The van der Waals surface area contributed by atoms with E-state index in [1.165, 1.54) is 32.5 Å². The molecule has 14 N–H and O–H groups in total. The van der Waals surface area contributed by atoms with Gasteiger partial charge in [0.2, 0.25) is 23.6 Å². The standard InChI is InChI=1S/C38H64N12O12S2/c1-9-18(4)26(39)28(55)27-35(59)42-21(7)34(58)49-32(45-23(14-53)17(2)3)38(62)50-30(41-19(5)12-51)37(61)46-24(29(40)56)15-64-16-25(54)47-31(44-22(13-52)10-11-63-8)36(60)43-20(6)33(57)48-27/h12-14,17-24,26-27,30-32,41,44-45H,9-11,15-16,39H2,1-8H3,(H2,40,56)(H,42,59)(H,43,60)(H,46,61)(H,47,54)(H,48,57)(H,49,58)(H,50,62)/t18-,19+,20?,21?,22-,23+,24?,26+,27?,30?,31?,32?/m1/s1. The largest absolute Gasteiger partial charge is 0.368 e. The highest BCUT2D eigenvalue weighted by Crippen LogP contribution is 2.10. The summed E-state index contributed by atoms with van der Waals surface area (Å²) in [5, 5.41) is 24.3. The first kappa shape index (κ1) is 57.0. The third kappa shape index (κ3) is 19.0. The summed E-state index contributed by atoms with van der Waals surface area (Å²) in [4.78, 5) is 157. The van der Waals surface area contributed by atoms with Gasteiger partial charge in [0.25, 0.3) is 23.6 Å². The van der Waals surface area contributed by atoms with Crippen molar-refractivity contribution in [3.8, 4) is 0 Å². The molecule has 8 amide bonds. The van der Waals surface area contributed by atoms with E-state index in [4.69, 9.17) is 11.5 Å². The van der Waals surface area contributed by atoms with Gasteiger partial charge in [-0.1, -0.05) is 34.1 Å². The Hall–Kier alpha value is -5.02. The molecule has 1 heterocycles. The average Bonchev–Trinajstić information content (AvgIpc) is 3.25. The maximum atomic E-state index is 13.9. The summed E-state index contributed by atoms with van der Waals surface area (Å²) in [5.41, 5.74) is 11.7. The van der Waals surface area contributed by atoms with Crippen LogP contribution < -0.4 is 64.6 Å². The molecule has 0 aromatic heterocycles. The molecule has 7 unspecified atom stereocenters. The van der Waals surface area contributed by atoms with Gasteiger partial charge >= 0.3 is 0 Å². The number of hydrogen-bond acceptors (Lipinski definition) is 18. The number of rotatable bonds is 18. The zero-order chi connectivity index (χ0) is 48.8. The summed E-state index contributed by atoms with van der Waals surface area (Å²) in [7, 11) is 0. The summed E-state index contributed by atoms with van der Waals surface area (Å²) in [5.74, 6) is -10.7. The summed E-state index contributed by atoms with van der Waals surface area (Å²) >= 11 is 2.19. The van der Waals surface area contributed by atoms with E-state index in [0.29, 0.717) is 31.0 Å². The number of ketones is 1. The molecule has 64 heavy (non-hydrogen) atoms. The maximum Gasteiger partial charge on any atom is 0.259 e. The lowest BCUT2D eigenvalue weighted by Crippen LogP contribution is -2.67. The minimum absolute atomic E-state index is 0.233. The number of hydrogen-bond donors (Lipinski definition) is 12. The zero-order valence-electron chi connectivity index (χ0n) is 37.1. The van der Waals surface area contributed by atoms with E-state index in [1.807, 2.05) is 0 Å². The van der Waals surface area contributed by atoms with Gasteiger partial charge < -0.3 is 63.1 Å². The van der Waals surface area contributed by atoms with Crippen LogP contribution in [0.4, 0.5) is 0 Å². The molecule has 1 aliphatic heterocycles.